The molecule has 1 heterocycles. The largest absolute Gasteiger partial charge is 0.496 e. The smallest absolute Gasteiger partial charge is 0.317 e. The molecule has 3 amide bonds. The second-order valence-corrected chi connectivity index (χ2v) is 6.31. The highest BCUT2D eigenvalue weighted by molar-refractivity contribution is 5.80. The van der Waals surface area contributed by atoms with E-state index in [0.29, 0.717) is 32.6 Å². The Morgan fingerprint density at radius 3 is 2.50 bits per heavy atom. The van der Waals surface area contributed by atoms with Crippen molar-refractivity contribution < 1.29 is 14.3 Å². The fourth-order valence-corrected chi connectivity index (χ4v) is 2.83. The first-order chi connectivity index (χ1) is 11.5. The highest BCUT2D eigenvalue weighted by atomic mass is 16.5. The molecule has 0 saturated carbocycles. The summed E-state index contributed by atoms with van der Waals surface area (Å²) in [4.78, 5) is 28.3. The second kappa shape index (κ2) is 8.57. The number of hydrogen-bond donors (Lipinski definition) is 1. The van der Waals surface area contributed by atoms with Crippen molar-refractivity contribution in [3.05, 3.63) is 29.8 Å². The minimum atomic E-state index is -0.0518. The van der Waals surface area contributed by atoms with Crippen LogP contribution in [-0.4, -0.2) is 61.1 Å². The number of carbonyl (C=O) groups excluding carboxylic acids is 2. The van der Waals surface area contributed by atoms with E-state index in [-0.39, 0.29) is 18.0 Å². The topological polar surface area (TPSA) is 61.9 Å². The van der Waals surface area contributed by atoms with Gasteiger partial charge in [-0.2, -0.15) is 0 Å². The van der Waals surface area contributed by atoms with E-state index in [1.54, 1.807) is 12.0 Å². The summed E-state index contributed by atoms with van der Waals surface area (Å²) in [5, 5.41) is 2.91. The Bertz CT molecular complexity index is 574. The fraction of sp³-hybridized carbons (Fsp3) is 0.556. The minimum Gasteiger partial charge on any atom is -0.496 e. The number of urea groups is 1. The molecule has 0 aliphatic carbocycles. The van der Waals surface area contributed by atoms with Crippen LogP contribution in [-0.2, 0) is 11.2 Å². The Hall–Kier alpha value is -2.24. The molecule has 1 aromatic rings. The molecule has 1 aromatic carbocycles. The molecule has 6 nitrogen and oxygen atoms in total. The second-order valence-electron chi connectivity index (χ2n) is 6.31. The Kier molecular flexibility index (Phi) is 6.46. The van der Waals surface area contributed by atoms with Gasteiger partial charge in [-0.25, -0.2) is 4.79 Å². The molecule has 1 aliphatic rings. The lowest BCUT2D eigenvalue weighted by atomic mass is 10.1. The predicted molar refractivity (Wildman–Crippen MR) is 93.1 cm³/mol. The van der Waals surface area contributed by atoms with Gasteiger partial charge in [0.15, 0.2) is 0 Å². The van der Waals surface area contributed by atoms with Gasteiger partial charge in [0.05, 0.1) is 13.5 Å². The number of benzene rings is 1. The van der Waals surface area contributed by atoms with E-state index >= 15 is 0 Å². The first-order valence-electron chi connectivity index (χ1n) is 8.46. The average molecular weight is 333 g/mol. The van der Waals surface area contributed by atoms with E-state index in [4.69, 9.17) is 4.74 Å². The Morgan fingerprint density at radius 2 is 1.79 bits per heavy atom. The van der Waals surface area contributed by atoms with E-state index in [1.807, 2.05) is 43.0 Å². The van der Waals surface area contributed by atoms with Gasteiger partial charge in [0.25, 0.3) is 0 Å². The molecule has 0 bridgehead atoms. The maximum absolute atomic E-state index is 12.6. The molecule has 1 aliphatic heterocycles. The van der Waals surface area contributed by atoms with Crippen molar-refractivity contribution in [1.82, 2.24) is 15.1 Å². The molecular weight excluding hydrogens is 306 g/mol. The standard InChI is InChI=1S/C18H27N3O3/c1-14(2)19-18(23)21-10-6-9-20(11-12-21)17(22)13-15-7-4-5-8-16(15)24-3/h4-5,7-8,14H,6,9-13H2,1-3H3,(H,19,23). The number of nitrogens with one attached hydrogen (secondary N) is 1. The third kappa shape index (κ3) is 4.88. The number of nitrogens with zero attached hydrogens (tertiary/aromatic N) is 2. The molecule has 132 valence electrons. The average Bonchev–Trinajstić information content (AvgIpc) is 2.81. The lowest BCUT2D eigenvalue weighted by Crippen LogP contribution is -2.45. The summed E-state index contributed by atoms with van der Waals surface area (Å²) < 4.78 is 5.31. The maximum atomic E-state index is 12.6. The van der Waals surface area contributed by atoms with Gasteiger partial charge >= 0.3 is 6.03 Å². The molecule has 0 aromatic heterocycles. The quantitative estimate of drug-likeness (QED) is 0.915. The van der Waals surface area contributed by atoms with Gasteiger partial charge in [-0.1, -0.05) is 18.2 Å². The van der Waals surface area contributed by atoms with Crippen LogP contribution in [0.3, 0.4) is 0 Å². The van der Waals surface area contributed by atoms with Crippen LogP contribution in [0, 0.1) is 0 Å². The SMILES string of the molecule is COc1ccccc1CC(=O)N1CCCN(C(=O)NC(C)C)CC1. The number of methoxy groups -OCH3 is 1. The van der Waals surface area contributed by atoms with Gasteiger partial charge in [-0.3, -0.25) is 4.79 Å². The molecule has 1 fully saturated rings. The molecule has 2 rings (SSSR count). The number of para-hydroxylation sites is 1. The Morgan fingerprint density at radius 1 is 1.12 bits per heavy atom. The van der Waals surface area contributed by atoms with Gasteiger partial charge in [-0.05, 0) is 26.3 Å². The van der Waals surface area contributed by atoms with Crippen LogP contribution in [0.2, 0.25) is 0 Å². The third-order valence-electron chi connectivity index (χ3n) is 4.08. The number of hydrogen-bond acceptors (Lipinski definition) is 3. The lowest BCUT2D eigenvalue weighted by molar-refractivity contribution is -0.130. The normalized spacial score (nSPS) is 15.2. The zero-order valence-corrected chi connectivity index (χ0v) is 14.7. The van der Waals surface area contributed by atoms with Crippen molar-refractivity contribution in [2.75, 3.05) is 33.3 Å². The van der Waals surface area contributed by atoms with Crippen molar-refractivity contribution in [1.29, 1.82) is 0 Å². The molecule has 24 heavy (non-hydrogen) atoms. The van der Waals surface area contributed by atoms with Crippen molar-refractivity contribution in [2.45, 2.75) is 32.7 Å². The van der Waals surface area contributed by atoms with Crippen LogP contribution >= 0.6 is 0 Å². The molecule has 1 saturated heterocycles. The van der Waals surface area contributed by atoms with E-state index < -0.39 is 0 Å². The van der Waals surface area contributed by atoms with Crippen LogP contribution in [0.25, 0.3) is 0 Å². The van der Waals surface area contributed by atoms with Gasteiger partial charge in [-0.15, -0.1) is 0 Å². The summed E-state index contributed by atoms with van der Waals surface area (Å²) >= 11 is 0. The molecular formula is C18H27N3O3. The summed E-state index contributed by atoms with van der Waals surface area (Å²) in [6.45, 7) is 6.38. The number of carbonyl (C=O) groups is 2. The van der Waals surface area contributed by atoms with E-state index in [2.05, 4.69) is 5.32 Å². The number of amides is 3. The van der Waals surface area contributed by atoms with Crippen LogP contribution in [0.1, 0.15) is 25.8 Å². The van der Waals surface area contributed by atoms with E-state index in [0.717, 1.165) is 17.7 Å². The first-order valence-corrected chi connectivity index (χ1v) is 8.46. The van der Waals surface area contributed by atoms with Crippen molar-refractivity contribution in [3.63, 3.8) is 0 Å². The third-order valence-corrected chi connectivity index (χ3v) is 4.08. The maximum Gasteiger partial charge on any atom is 0.317 e. The van der Waals surface area contributed by atoms with Gasteiger partial charge < -0.3 is 19.9 Å². The van der Waals surface area contributed by atoms with Crippen LogP contribution in [0.4, 0.5) is 4.79 Å². The fourth-order valence-electron chi connectivity index (χ4n) is 2.83. The van der Waals surface area contributed by atoms with E-state index in [1.165, 1.54) is 0 Å². The molecule has 1 N–H and O–H groups in total. The van der Waals surface area contributed by atoms with Crippen molar-refractivity contribution in [3.8, 4) is 5.75 Å². The minimum absolute atomic E-state index is 0.0518. The Balaban J connectivity index is 1.93. The van der Waals surface area contributed by atoms with Crippen LogP contribution in [0.15, 0.2) is 24.3 Å². The predicted octanol–water partition coefficient (Wildman–Crippen LogP) is 1.89. The molecule has 0 unspecified atom stereocenters. The number of ether oxygens (including phenoxy) is 1. The monoisotopic (exact) mass is 333 g/mol. The zero-order valence-electron chi connectivity index (χ0n) is 14.7. The highest BCUT2D eigenvalue weighted by Crippen LogP contribution is 2.19. The first kappa shape index (κ1) is 18.1. The molecule has 6 heteroatoms. The van der Waals surface area contributed by atoms with Gasteiger partial charge in [0.2, 0.25) is 5.91 Å². The molecule has 0 radical (unpaired) electrons. The summed E-state index contributed by atoms with van der Waals surface area (Å²) in [5.74, 6) is 0.809. The molecule has 0 atom stereocenters. The van der Waals surface area contributed by atoms with Gasteiger partial charge in [0.1, 0.15) is 5.75 Å². The van der Waals surface area contributed by atoms with Crippen LogP contribution < -0.4 is 10.1 Å². The molecule has 0 spiro atoms. The lowest BCUT2D eigenvalue weighted by Gasteiger charge is -2.23. The van der Waals surface area contributed by atoms with Crippen molar-refractivity contribution >= 4 is 11.9 Å². The zero-order chi connectivity index (χ0) is 17.5. The summed E-state index contributed by atoms with van der Waals surface area (Å²) in [6.07, 6.45) is 1.12. The summed E-state index contributed by atoms with van der Waals surface area (Å²) in [5.41, 5.74) is 0.892. The van der Waals surface area contributed by atoms with E-state index in [9.17, 15) is 9.59 Å². The Labute approximate surface area is 143 Å². The van der Waals surface area contributed by atoms with Crippen molar-refractivity contribution in [2.24, 2.45) is 0 Å². The summed E-state index contributed by atoms with van der Waals surface area (Å²) in [7, 11) is 1.61. The highest BCUT2D eigenvalue weighted by Gasteiger charge is 2.22. The number of rotatable bonds is 4. The van der Waals surface area contributed by atoms with Crippen LogP contribution in [0.5, 0.6) is 5.75 Å². The van der Waals surface area contributed by atoms with Gasteiger partial charge in [0, 0.05) is 37.8 Å². The summed E-state index contributed by atoms with van der Waals surface area (Å²) in [6, 6.07) is 7.64.